The minimum absolute atomic E-state index is 0.0285. The third-order valence-electron chi connectivity index (χ3n) is 5.28. The number of fused-ring (bicyclic) bond motifs is 2. The van der Waals surface area contributed by atoms with Gasteiger partial charge in [0.1, 0.15) is 6.10 Å². The Morgan fingerprint density at radius 2 is 1.82 bits per heavy atom. The standard InChI is InChI=1S/C17H28O5/c1-5-17(3,4)16(19)22-14-9-11-7-12(14)8-13(11)15(18)21-10-20-6-2/h11-14H,5-10H2,1-4H3. The molecule has 2 bridgehead atoms. The lowest BCUT2D eigenvalue weighted by Crippen LogP contribution is -2.35. The molecule has 5 nitrogen and oxygen atoms in total. The summed E-state index contributed by atoms with van der Waals surface area (Å²) >= 11 is 0. The van der Waals surface area contributed by atoms with Crippen molar-refractivity contribution in [2.75, 3.05) is 13.4 Å². The Morgan fingerprint density at radius 1 is 1.09 bits per heavy atom. The predicted molar refractivity (Wildman–Crippen MR) is 80.9 cm³/mol. The van der Waals surface area contributed by atoms with Crippen LogP contribution in [0, 0.1) is 23.2 Å². The molecule has 2 rings (SSSR count). The van der Waals surface area contributed by atoms with E-state index in [9.17, 15) is 9.59 Å². The second-order valence-corrected chi connectivity index (χ2v) is 7.09. The molecule has 2 aliphatic carbocycles. The summed E-state index contributed by atoms with van der Waals surface area (Å²) in [5.74, 6) is 0.232. The van der Waals surface area contributed by atoms with Crippen LogP contribution in [-0.2, 0) is 23.8 Å². The second kappa shape index (κ2) is 6.99. The van der Waals surface area contributed by atoms with E-state index in [2.05, 4.69) is 0 Å². The first-order valence-corrected chi connectivity index (χ1v) is 8.34. The van der Waals surface area contributed by atoms with Crippen LogP contribution >= 0.6 is 0 Å². The summed E-state index contributed by atoms with van der Waals surface area (Å²) in [4.78, 5) is 24.2. The Kier molecular flexibility index (Phi) is 5.48. The van der Waals surface area contributed by atoms with Gasteiger partial charge in [0.15, 0.2) is 6.79 Å². The normalized spacial score (nSPS) is 30.4. The Morgan fingerprint density at radius 3 is 2.36 bits per heavy atom. The van der Waals surface area contributed by atoms with Crippen molar-refractivity contribution < 1.29 is 23.8 Å². The molecule has 4 atom stereocenters. The summed E-state index contributed by atoms with van der Waals surface area (Å²) in [5.41, 5.74) is -0.433. The molecule has 0 aromatic heterocycles. The molecule has 0 spiro atoms. The molecule has 2 fully saturated rings. The van der Waals surface area contributed by atoms with Gasteiger partial charge in [0.25, 0.3) is 0 Å². The van der Waals surface area contributed by atoms with Crippen LogP contribution in [0.4, 0.5) is 0 Å². The van der Waals surface area contributed by atoms with E-state index in [1.807, 2.05) is 27.7 Å². The van der Waals surface area contributed by atoms with E-state index < -0.39 is 5.41 Å². The SMILES string of the molecule is CCOCOC(=O)C1CC2CC1CC2OC(=O)C(C)(C)CC. The lowest BCUT2D eigenvalue weighted by atomic mass is 9.86. The first-order valence-electron chi connectivity index (χ1n) is 8.34. The zero-order chi connectivity index (χ0) is 16.3. The minimum atomic E-state index is -0.433. The highest BCUT2D eigenvalue weighted by Crippen LogP contribution is 2.50. The molecule has 22 heavy (non-hydrogen) atoms. The number of esters is 2. The maximum Gasteiger partial charge on any atom is 0.311 e. The largest absolute Gasteiger partial charge is 0.462 e. The maximum atomic E-state index is 12.2. The Labute approximate surface area is 132 Å². The molecule has 0 aliphatic heterocycles. The van der Waals surface area contributed by atoms with Gasteiger partial charge in [-0.3, -0.25) is 9.59 Å². The number of hydrogen-bond donors (Lipinski definition) is 0. The van der Waals surface area contributed by atoms with Crippen LogP contribution in [0.25, 0.3) is 0 Å². The quantitative estimate of drug-likeness (QED) is 0.411. The van der Waals surface area contributed by atoms with Crippen molar-refractivity contribution in [3.05, 3.63) is 0 Å². The highest BCUT2D eigenvalue weighted by molar-refractivity contribution is 5.76. The van der Waals surface area contributed by atoms with Crippen molar-refractivity contribution in [1.82, 2.24) is 0 Å². The van der Waals surface area contributed by atoms with Crippen LogP contribution in [0.5, 0.6) is 0 Å². The molecule has 0 aromatic rings. The van der Waals surface area contributed by atoms with E-state index >= 15 is 0 Å². The number of ether oxygens (including phenoxy) is 3. The van der Waals surface area contributed by atoms with Crippen LogP contribution in [0.1, 0.15) is 53.4 Å². The van der Waals surface area contributed by atoms with E-state index in [0.29, 0.717) is 12.5 Å². The van der Waals surface area contributed by atoms with Crippen LogP contribution < -0.4 is 0 Å². The Balaban J connectivity index is 1.82. The zero-order valence-electron chi connectivity index (χ0n) is 14.1. The molecule has 2 aliphatic rings. The molecule has 0 saturated heterocycles. The van der Waals surface area contributed by atoms with Gasteiger partial charge in [0, 0.05) is 6.61 Å². The van der Waals surface area contributed by atoms with Gasteiger partial charge < -0.3 is 14.2 Å². The van der Waals surface area contributed by atoms with Crippen molar-refractivity contribution in [2.24, 2.45) is 23.2 Å². The van der Waals surface area contributed by atoms with E-state index in [4.69, 9.17) is 14.2 Å². The average molecular weight is 312 g/mol. The topological polar surface area (TPSA) is 61.8 Å². The summed E-state index contributed by atoms with van der Waals surface area (Å²) in [6.07, 6.45) is 3.24. The molecule has 0 amide bonds. The van der Waals surface area contributed by atoms with Crippen molar-refractivity contribution in [3.8, 4) is 0 Å². The number of hydrogen-bond acceptors (Lipinski definition) is 5. The van der Waals surface area contributed by atoms with Crippen LogP contribution in [0.15, 0.2) is 0 Å². The van der Waals surface area contributed by atoms with Crippen molar-refractivity contribution in [3.63, 3.8) is 0 Å². The Hall–Kier alpha value is -1.10. The highest BCUT2D eigenvalue weighted by Gasteiger charge is 2.51. The van der Waals surface area contributed by atoms with Crippen molar-refractivity contribution >= 4 is 11.9 Å². The van der Waals surface area contributed by atoms with Gasteiger partial charge >= 0.3 is 11.9 Å². The zero-order valence-corrected chi connectivity index (χ0v) is 14.1. The second-order valence-electron chi connectivity index (χ2n) is 7.09. The van der Waals surface area contributed by atoms with Crippen LogP contribution in [0.3, 0.4) is 0 Å². The molecule has 0 aromatic carbocycles. The van der Waals surface area contributed by atoms with E-state index in [-0.39, 0.29) is 36.7 Å². The van der Waals surface area contributed by atoms with Gasteiger partial charge in [-0.05, 0) is 58.3 Å². The summed E-state index contributed by atoms with van der Waals surface area (Å²) in [5, 5.41) is 0. The molecule has 0 N–H and O–H groups in total. The van der Waals surface area contributed by atoms with Crippen LogP contribution in [-0.4, -0.2) is 31.4 Å². The fourth-order valence-electron chi connectivity index (χ4n) is 3.39. The van der Waals surface area contributed by atoms with Gasteiger partial charge in [-0.15, -0.1) is 0 Å². The van der Waals surface area contributed by atoms with E-state index in [0.717, 1.165) is 25.7 Å². The predicted octanol–water partition coefficient (Wildman–Crippen LogP) is 2.92. The van der Waals surface area contributed by atoms with Gasteiger partial charge in [-0.2, -0.15) is 0 Å². The lowest BCUT2D eigenvalue weighted by molar-refractivity contribution is -0.167. The number of carbonyl (C=O) groups is 2. The number of carbonyl (C=O) groups excluding carboxylic acids is 2. The summed E-state index contributed by atoms with van der Waals surface area (Å²) in [6.45, 7) is 8.25. The minimum Gasteiger partial charge on any atom is -0.462 e. The maximum absolute atomic E-state index is 12.2. The molecule has 0 radical (unpaired) electrons. The van der Waals surface area contributed by atoms with E-state index in [1.54, 1.807) is 0 Å². The van der Waals surface area contributed by atoms with Gasteiger partial charge in [-0.25, -0.2) is 0 Å². The van der Waals surface area contributed by atoms with Crippen molar-refractivity contribution in [2.45, 2.75) is 59.5 Å². The van der Waals surface area contributed by atoms with Gasteiger partial charge in [0.2, 0.25) is 0 Å². The summed E-state index contributed by atoms with van der Waals surface area (Å²) < 4.78 is 15.9. The first kappa shape index (κ1) is 17.3. The van der Waals surface area contributed by atoms with Crippen molar-refractivity contribution in [1.29, 1.82) is 0 Å². The molecule has 4 unspecified atom stereocenters. The fraction of sp³-hybridized carbons (Fsp3) is 0.882. The van der Waals surface area contributed by atoms with E-state index in [1.165, 1.54) is 0 Å². The highest BCUT2D eigenvalue weighted by atomic mass is 16.7. The number of rotatable bonds is 7. The summed E-state index contributed by atoms with van der Waals surface area (Å²) in [6, 6.07) is 0. The molecule has 5 heteroatoms. The first-order chi connectivity index (χ1) is 10.4. The third-order valence-corrected chi connectivity index (χ3v) is 5.28. The monoisotopic (exact) mass is 312 g/mol. The molecular formula is C17H28O5. The van der Waals surface area contributed by atoms with Gasteiger partial charge in [-0.1, -0.05) is 6.92 Å². The third kappa shape index (κ3) is 3.62. The lowest BCUT2D eigenvalue weighted by Gasteiger charge is -2.29. The Bertz CT molecular complexity index is 417. The smallest absolute Gasteiger partial charge is 0.311 e. The van der Waals surface area contributed by atoms with Gasteiger partial charge in [0.05, 0.1) is 11.3 Å². The molecule has 0 heterocycles. The molecule has 2 saturated carbocycles. The average Bonchev–Trinajstić information content (AvgIpc) is 3.07. The molecular weight excluding hydrogens is 284 g/mol. The molecule has 126 valence electrons. The summed E-state index contributed by atoms with van der Waals surface area (Å²) in [7, 11) is 0. The van der Waals surface area contributed by atoms with Crippen LogP contribution in [0.2, 0.25) is 0 Å². The fourth-order valence-corrected chi connectivity index (χ4v) is 3.39.